The first-order chi connectivity index (χ1) is 22.8. The van der Waals surface area contributed by atoms with Crippen molar-refractivity contribution in [2.24, 2.45) is 0 Å². The predicted octanol–water partition coefficient (Wildman–Crippen LogP) is 11.9. The number of hydrogen-bond acceptors (Lipinski definition) is 3. The predicted molar refractivity (Wildman–Crippen MR) is 206 cm³/mol. The van der Waals surface area contributed by atoms with Crippen LogP contribution in [0.5, 0.6) is 0 Å². The van der Waals surface area contributed by atoms with E-state index >= 15 is 0 Å². The molecule has 7 rings (SSSR count). The van der Waals surface area contributed by atoms with Gasteiger partial charge in [-0.05, 0) is 81.7 Å². The molecule has 0 saturated carbocycles. The summed E-state index contributed by atoms with van der Waals surface area (Å²) in [6.07, 6.45) is 6.31. The van der Waals surface area contributed by atoms with E-state index in [1.54, 1.807) is 0 Å². The van der Waals surface area contributed by atoms with Crippen LogP contribution in [0.4, 0.5) is 0 Å². The zero-order valence-electron chi connectivity index (χ0n) is 28.6. The van der Waals surface area contributed by atoms with Gasteiger partial charge in [-0.25, -0.2) is 0 Å². The van der Waals surface area contributed by atoms with Gasteiger partial charge in [0.1, 0.15) is 0 Å². The van der Waals surface area contributed by atoms with Crippen LogP contribution in [-0.2, 0) is 20.1 Å². The van der Waals surface area contributed by atoms with Gasteiger partial charge < -0.3 is 9.97 Å². The number of thiophene rings is 1. The topological polar surface area (TPSA) is 25.8 Å². The molecule has 245 valence electrons. The first-order valence-electron chi connectivity index (χ1n) is 16.6. The Bertz CT molecular complexity index is 2110. The molecule has 3 aromatic heterocycles. The minimum atomic E-state index is -1.27. The van der Waals surface area contributed by atoms with Crippen molar-refractivity contribution in [3.8, 4) is 33.6 Å². The van der Waals surface area contributed by atoms with Gasteiger partial charge in [-0.1, -0.05) is 98.5 Å². The molecule has 3 heterocycles. The third-order valence-corrected chi connectivity index (χ3v) is 12.3. The molecular weight excluding hydrogens is 797 g/mol. The molecule has 5 heteroatoms. The van der Waals surface area contributed by atoms with Gasteiger partial charge in [0.05, 0.1) is 8.07 Å². The molecule has 0 atom stereocenters. The Hall–Kier alpha value is -3.73. The fourth-order valence-electron chi connectivity index (χ4n) is 6.38. The zero-order valence-corrected chi connectivity index (χ0v) is 32.8. The molecule has 0 aliphatic heterocycles. The summed E-state index contributed by atoms with van der Waals surface area (Å²) in [6, 6.07) is 42.9. The SMILES string of the molecule is CCC(CC)c1ccnc(-c2[c-]ccc3c2sc2ccc(-c4ccccc4)cc23)c1.Cc1cc(-c2[c-]cccc2)ncc1[Si](C)(C)C.[Ir]. The van der Waals surface area contributed by atoms with Gasteiger partial charge in [-0.3, -0.25) is 0 Å². The molecule has 0 unspecified atom stereocenters. The van der Waals surface area contributed by atoms with E-state index < -0.39 is 8.07 Å². The van der Waals surface area contributed by atoms with Crippen molar-refractivity contribution in [3.63, 3.8) is 0 Å². The maximum Gasteiger partial charge on any atom is 0.0798 e. The maximum absolute atomic E-state index is 4.72. The van der Waals surface area contributed by atoms with E-state index in [0.29, 0.717) is 5.92 Å². The van der Waals surface area contributed by atoms with Gasteiger partial charge in [-0.2, -0.15) is 11.3 Å². The Balaban J connectivity index is 0.000000214. The van der Waals surface area contributed by atoms with Crippen LogP contribution in [0.25, 0.3) is 53.8 Å². The Labute approximate surface area is 304 Å². The van der Waals surface area contributed by atoms with Crippen LogP contribution >= 0.6 is 11.3 Å². The second-order valence-electron chi connectivity index (χ2n) is 13.2. The summed E-state index contributed by atoms with van der Waals surface area (Å²) in [4.78, 5) is 9.30. The number of nitrogens with zero attached hydrogens (tertiary/aromatic N) is 2. The van der Waals surface area contributed by atoms with Crippen molar-refractivity contribution in [3.05, 3.63) is 139 Å². The fraction of sp³-hybridized carbons (Fsp3) is 0.209. The summed E-state index contributed by atoms with van der Waals surface area (Å²) in [6.45, 7) is 13.8. The molecule has 0 amide bonds. The van der Waals surface area contributed by atoms with Crippen LogP contribution in [0.1, 0.15) is 43.7 Å². The molecule has 0 saturated heterocycles. The summed E-state index contributed by atoms with van der Waals surface area (Å²) < 4.78 is 2.58. The number of pyridine rings is 2. The smallest absolute Gasteiger partial charge is 0.0798 e. The molecule has 0 aliphatic rings. The van der Waals surface area contributed by atoms with Crippen molar-refractivity contribution in [2.45, 2.75) is 59.2 Å². The van der Waals surface area contributed by atoms with Crippen LogP contribution in [0.3, 0.4) is 0 Å². The first kappa shape index (κ1) is 35.6. The number of fused-ring (bicyclic) bond motifs is 3. The molecule has 0 fully saturated rings. The Morgan fingerprint density at radius 2 is 1.50 bits per heavy atom. The van der Waals surface area contributed by atoms with Crippen LogP contribution in [0.15, 0.2) is 116 Å². The fourth-order valence-corrected chi connectivity index (χ4v) is 9.28. The van der Waals surface area contributed by atoms with E-state index in [0.717, 1.165) is 35.4 Å². The largest absolute Gasteiger partial charge is 0.305 e. The molecule has 2 nitrogen and oxygen atoms in total. The molecule has 0 N–H and O–H groups in total. The Morgan fingerprint density at radius 3 is 2.19 bits per heavy atom. The van der Waals surface area contributed by atoms with Gasteiger partial charge in [-0.15, -0.1) is 59.7 Å². The molecule has 0 spiro atoms. The third kappa shape index (κ3) is 7.77. The standard InChI is InChI=1S/C28H24NS.C15H18NSi.Ir/c1-3-19(4-2)22-15-16-29-26(18-22)24-12-8-11-23-25-17-21(20-9-6-5-7-10-20)13-14-27(25)30-28(23)24;1-12-10-14(13-8-6-5-7-9-13)16-11-15(12)17(2,3)4;/h5-11,13-19H,3-4H2,1-2H3;5-8,10-11H,1-4H3;/q2*-1;. The van der Waals surface area contributed by atoms with Crippen LogP contribution in [-0.4, -0.2) is 18.0 Å². The molecule has 1 radical (unpaired) electrons. The Morgan fingerprint density at radius 1 is 0.729 bits per heavy atom. The van der Waals surface area contributed by atoms with Crippen LogP contribution in [0, 0.1) is 19.1 Å². The minimum Gasteiger partial charge on any atom is -0.305 e. The van der Waals surface area contributed by atoms with E-state index in [-0.39, 0.29) is 20.1 Å². The van der Waals surface area contributed by atoms with Crippen LogP contribution < -0.4 is 5.19 Å². The maximum atomic E-state index is 4.72. The number of rotatable bonds is 7. The van der Waals surface area contributed by atoms with E-state index in [1.807, 2.05) is 41.8 Å². The summed E-state index contributed by atoms with van der Waals surface area (Å²) in [7, 11) is -1.27. The van der Waals surface area contributed by atoms with Crippen molar-refractivity contribution >= 4 is 44.8 Å². The molecular formula is C43H42IrN2SSi-2. The Kier molecular flexibility index (Phi) is 11.6. The van der Waals surface area contributed by atoms with Crippen LogP contribution in [0.2, 0.25) is 19.6 Å². The second kappa shape index (κ2) is 15.7. The summed E-state index contributed by atoms with van der Waals surface area (Å²) in [5.74, 6) is 0.585. The summed E-state index contributed by atoms with van der Waals surface area (Å²) in [5, 5.41) is 4.04. The van der Waals surface area contributed by atoms with E-state index in [1.165, 1.54) is 47.6 Å². The third-order valence-electron chi connectivity index (χ3n) is 8.94. The van der Waals surface area contributed by atoms with Crippen molar-refractivity contribution in [1.82, 2.24) is 9.97 Å². The van der Waals surface area contributed by atoms with Gasteiger partial charge in [0.25, 0.3) is 0 Å². The van der Waals surface area contributed by atoms with Gasteiger partial charge in [0.2, 0.25) is 0 Å². The van der Waals surface area contributed by atoms with E-state index in [2.05, 4.69) is 143 Å². The van der Waals surface area contributed by atoms with Crippen molar-refractivity contribution in [1.29, 1.82) is 0 Å². The van der Waals surface area contributed by atoms with Gasteiger partial charge in [0, 0.05) is 37.2 Å². The number of hydrogen-bond donors (Lipinski definition) is 0. The van der Waals surface area contributed by atoms with Gasteiger partial charge in [0.15, 0.2) is 0 Å². The molecule has 48 heavy (non-hydrogen) atoms. The van der Waals surface area contributed by atoms with E-state index in [9.17, 15) is 0 Å². The normalized spacial score (nSPS) is 11.3. The second-order valence-corrected chi connectivity index (χ2v) is 19.3. The number of aromatic nitrogens is 2. The average molecular weight is 839 g/mol. The number of benzene rings is 4. The monoisotopic (exact) mass is 839 g/mol. The zero-order chi connectivity index (χ0) is 33.0. The summed E-state index contributed by atoms with van der Waals surface area (Å²) in [5.41, 5.74) is 9.46. The molecule has 0 aliphatic carbocycles. The van der Waals surface area contributed by atoms with Gasteiger partial charge >= 0.3 is 0 Å². The first-order valence-corrected chi connectivity index (χ1v) is 20.9. The minimum absolute atomic E-state index is 0. The average Bonchev–Trinajstić information content (AvgIpc) is 3.48. The summed E-state index contributed by atoms with van der Waals surface area (Å²) >= 11 is 1.84. The van der Waals surface area contributed by atoms with Crippen molar-refractivity contribution < 1.29 is 20.1 Å². The van der Waals surface area contributed by atoms with Crippen molar-refractivity contribution in [2.75, 3.05) is 0 Å². The van der Waals surface area contributed by atoms with E-state index in [4.69, 9.17) is 4.98 Å². The quantitative estimate of drug-likeness (QED) is 0.118. The molecule has 7 aromatic rings. The molecule has 4 aromatic carbocycles. The molecule has 0 bridgehead atoms. The number of aryl methyl sites for hydroxylation is 1.